The molecule has 0 aliphatic carbocycles. The highest BCUT2D eigenvalue weighted by molar-refractivity contribution is 5.82. The van der Waals surface area contributed by atoms with Gasteiger partial charge in [0.15, 0.2) is 0 Å². The van der Waals surface area contributed by atoms with Crippen molar-refractivity contribution >= 4 is 5.91 Å². The van der Waals surface area contributed by atoms with Crippen molar-refractivity contribution in [3.05, 3.63) is 0 Å². The maximum atomic E-state index is 13.3. The van der Waals surface area contributed by atoms with Gasteiger partial charge >= 0.3 is 12.1 Å². The zero-order valence-corrected chi connectivity index (χ0v) is 9.18. The average molecular weight is 261 g/mol. The van der Waals surface area contributed by atoms with E-state index in [0.717, 1.165) is 0 Å². The maximum Gasteiger partial charge on any atom is 0.471 e. The van der Waals surface area contributed by atoms with Crippen molar-refractivity contribution in [2.24, 2.45) is 5.41 Å². The highest BCUT2D eigenvalue weighted by Gasteiger charge is 2.57. The maximum absolute atomic E-state index is 13.3. The highest BCUT2D eigenvalue weighted by Crippen LogP contribution is 2.39. The molecule has 1 aliphatic heterocycles. The van der Waals surface area contributed by atoms with Gasteiger partial charge in [-0.1, -0.05) is 13.8 Å². The van der Waals surface area contributed by atoms with E-state index in [0.29, 0.717) is 0 Å². The summed E-state index contributed by atoms with van der Waals surface area (Å²) in [7, 11) is 0. The summed E-state index contributed by atoms with van der Waals surface area (Å²) in [5.41, 5.74) is -1.50. The zero-order valence-electron chi connectivity index (χ0n) is 9.18. The van der Waals surface area contributed by atoms with Gasteiger partial charge in [-0.05, 0) is 0 Å². The van der Waals surface area contributed by atoms with Crippen LogP contribution in [-0.4, -0.2) is 47.2 Å². The summed E-state index contributed by atoms with van der Waals surface area (Å²) in [5, 5.41) is 9.30. The number of aliphatic hydroxyl groups is 1. The first kappa shape index (κ1) is 14.1. The number of alkyl halides is 5. The van der Waals surface area contributed by atoms with E-state index in [9.17, 15) is 31.9 Å². The lowest BCUT2D eigenvalue weighted by Gasteiger charge is -2.45. The standard InChI is InChI=1S/C9H12F5NO2/c1-7(2)3-15(6(17)9(12,13)14)4-8(10,11)5(7)16/h5,16H,3-4H2,1-2H3. The summed E-state index contributed by atoms with van der Waals surface area (Å²) in [6.45, 7) is 0.376. The molecule has 1 atom stereocenters. The molecular weight excluding hydrogens is 249 g/mol. The first-order valence-corrected chi connectivity index (χ1v) is 4.80. The Morgan fingerprint density at radius 3 is 2.12 bits per heavy atom. The number of piperidine rings is 1. The summed E-state index contributed by atoms with van der Waals surface area (Å²) in [6, 6.07) is 0. The minimum atomic E-state index is -5.19. The predicted octanol–water partition coefficient (Wildman–Crippen LogP) is 1.41. The third kappa shape index (κ3) is 2.67. The van der Waals surface area contributed by atoms with E-state index >= 15 is 0 Å². The summed E-state index contributed by atoms with van der Waals surface area (Å²) >= 11 is 0. The predicted molar refractivity (Wildman–Crippen MR) is 47.4 cm³/mol. The Bertz CT molecular complexity index is 308. The largest absolute Gasteiger partial charge is 0.471 e. The minimum Gasteiger partial charge on any atom is -0.386 e. The van der Waals surface area contributed by atoms with Crippen LogP contribution in [0.5, 0.6) is 0 Å². The second-order valence-electron chi connectivity index (χ2n) is 4.81. The van der Waals surface area contributed by atoms with E-state index in [1.165, 1.54) is 13.8 Å². The van der Waals surface area contributed by atoms with Crippen molar-refractivity contribution in [2.45, 2.75) is 32.1 Å². The third-order valence-corrected chi connectivity index (χ3v) is 2.67. The van der Waals surface area contributed by atoms with Crippen molar-refractivity contribution < 1.29 is 31.9 Å². The lowest BCUT2D eigenvalue weighted by Crippen LogP contribution is -2.63. The Kier molecular flexibility index (Phi) is 3.15. The average Bonchev–Trinajstić information content (AvgIpc) is 2.10. The molecule has 0 aromatic carbocycles. The van der Waals surface area contributed by atoms with Crippen molar-refractivity contribution in [1.29, 1.82) is 0 Å². The summed E-state index contributed by atoms with van der Waals surface area (Å²) in [5.74, 6) is -6.06. The van der Waals surface area contributed by atoms with Crippen LogP contribution in [-0.2, 0) is 4.79 Å². The number of nitrogens with zero attached hydrogens (tertiary/aromatic N) is 1. The van der Waals surface area contributed by atoms with Crippen LogP contribution in [0.3, 0.4) is 0 Å². The second-order valence-corrected chi connectivity index (χ2v) is 4.81. The molecule has 1 amide bonds. The molecule has 1 fully saturated rings. The quantitative estimate of drug-likeness (QED) is 0.670. The van der Waals surface area contributed by atoms with E-state index in [-0.39, 0.29) is 4.90 Å². The molecule has 0 bridgehead atoms. The van der Waals surface area contributed by atoms with Gasteiger partial charge in [-0.25, -0.2) is 8.78 Å². The highest BCUT2D eigenvalue weighted by atomic mass is 19.4. The van der Waals surface area contributed by atoms with Crippen molar-refractivity contribution in [3.63, 3.8) is 0 Å². The molecule has 100 valence electrons. The molecular formula is C9H12F5NO2. The molecule has 8 heteroatoms. The number of carbonyl (C=O) groups is 1. The van der Waals surface area contributed by atoms with Crippen LogP contribution in [0, 0.1) is 5.41 Å². The Balaban J connectivity index is 2.97. The molecule has 0 aromatic heterocycles. The molecule has 0 saturated carbocycles. The molecule has 0 aromatic rings. The molecule has 17 heavy (non-hydrogen) atoms. The molecule has 0 spiro atoms. The van der Waals surface area contributed by atoms with Gasteiger partial charge in [-0.15, -0.1) is 0 Å². The fourth-order valence-electron chi connectivity index (χ4n) is 1.87. The van der Waals surface area contributed by atoms with Crippen LogP contribution in [0.4, 0.5) is 22.0 Å². The number of likely N-dealkylation sites (tertiary alicyclic amines) is 1. The van der Waals surface area contributed by atoms with Gasteiger partial charge in [-0.2, -0.15) is 13.2 Å². The topological polar surface area (TPSA) is 40.5 Å². The van der Waals surface area contributed by atoms with Crippen LogP contribution >= 0.6 is 0 Å². The van der Waals surface area contributed by atoms with Crippen molar-refractivity contribution in [2.75, 3.05) is 13.1 Å². The van der Waals surface area contributed by atoms with Crippen molar-refractivity contribution in [3.8, 4) is 0 Å². The number of halogens is 5. The smallest absolute Gasteiger partial charge is 0.386 e. The Hall–Kier alpha value is -0.920. The van der Waals surface area contributed by atoms with Gasteiger partial charge in [0.05, 0.1) is 6.54 Å². The Labute approximate surface area is 94.2 Å². The molecule has 1 saturated heterocycles. The van der Waals surface area contributed by atoms with E-state index in [4.69, 9.17) is 0 Å². The Morgan fingerprint density at radius 2 is 1.76 bits per heavy atom. The first-order valence-electron chi connectivity index (χ1n) is 4.80. The summed E-state index contributed by atoms with van der Waals surface area (Å²) in [4.78, 5) is 10.9. The van der Waals surface area contributed by atoms with Gasteiger partial charge in [0.25, 0.3) is 5.92 Å². The molecule has 1 N–H and O–H groups in total. The third-order valence-electron chi connectivity index (χ3n) is 2.67. The minimum absolute atomic E-state index is 0.0344. The molecule has 1 rings (SSSR count). The number of rotatable bonds is 0. The van der Waals surface area contributed by atoms with E-state index in [1.807, 2.05) is 0 Å². The summed E-state index contributed by atoms with van der Waals surface area (Å²) in [6.07, 6.45) is -7.26. The lowest BCUT2D eigenvalue weighted by molar-refractivity contribution is -0.221. The van der Waals surface area contributed by atoms with Gasteiger partial charge in [0.1, 0.15) is 6.10 Å². The van der Waals surface area contributed by atoms with E-state index in [1.54, 1.807) is 0 Å². The number of hydrogen-bond donors (Lipinski definition) is 1. The van der Waals surface area contributed by atoms with Gasteiger partial charge in [0, 0.05) is 12.0 Å². The first-order chi connectivity index (χ1) is 7.38. The zero-order chi connectivity index (χ0) is 13.6. The number of amides is 1. The molecule has 3 nitrogen and oxygen atoms in total. The van der Waals surface area contributed by atoms with E-state index in [2.05, 4.69) is 0 Å². The van der Waals surface area contributed by atoms with Crippen LogP contribution in [0.15, 0.2) is 0 Å². The van der Waals surface area contributed by atoms with Gasteiger partial charge in [0.2, 0.25) is 0 Å². The van der Waals surface area contributed by atoms with Gasteiger partial charge < -0.3 is 10.0 Å². The normalized spacial score (nSPS) is 28.0. The molecule has 0 radical (unpaired) electrons. The second kappa shape index (κ2) is 3.79. The fraction of sp³-hybridized carbons (Fsp3) is 0.889. The fourth-order valence-corrected chi connectivity index (χ4v) is 1.87. The van der Waals surface area contributed by atoms with Crippen LogP contribution in [0.1, 0.15) is 13.8 Å². The lowest BCUT2D eigenvalue weighted by atomic mass is 9.79. The monoisotopic (exact) mass is 261 g/mol. The number of aliphatic hydroxyl groups excluding tert-OH is 1. The molecule has 1 aliphatic rings. The van der Waals surface area contributed by atoms with Crippen molar-refractivity contribution in [1.82, 2.24) is 4.90 Å². The van der Waals surface area contributed by atoms with Crippen LogP contribution in [0.25, 0.3) is 0 Å². The Morgan fingerprint density at radius 1 is 1.29 bits per heavy atom. The number of hydrogen-bond acceptors (Lipinski definition) is 2. The van der Waals surface area contributed by atoms with Crippen LogP contribution in [0.2, 0.25) is 0 Å². The van der Waals surface area contributed by atoms with Crippen LogP contribution < -0.4 is 0 Å². The SMILES string of the molecule is CC1(C)CN(C(=O)C(F)(F)F)CC(F)(F)C1O. The van der Waals surface area contributed by atoms with Gasteiger partial charge in [-0.3, -0.25) is 4.79 Å². The molecule has 1 unspecified atom stereocenters. The number of carbonyl (C=O) groups excluding carboxylic acids is 1. The summed E-state index contributed by atoms with van der Waals surface area (Å²) < 4.78 is 63.0. The molecule has 1 heterocycles. The van der Waals surface area contributed by atoms with E-state index < -0.39 is 42.6 Å².